The molecule has 2 aromatic carbocycles. The molecule has 2 rings (SSSR count). The van der Waals surface area contributed by atoms with Crippen LogP contribution in [0.15, 0.2) is 47.4 Å². The van der Waals surface area contributed by atoms with Crippen LogP contribution in [0.25, 0.3) is 0 Å². The van der Waals surface area contributed by atoms with Gasteiger partial charge >= 0.3 is 0 Å². The predicted molar refractivity (Wildman–Crippen MR) is 107 cm³/mol. The zero-order chi connectivity index (χ0) is 20.0. The van der Waals surface area contributed by atoms with E-state index in [1.54, 1.807) is 37.3 Å². The molecule has 6 nitrogen and oxygen atoms in total. The third-order valence-corrected chi connectivity index (χ3v) is 6.42. The lowest BCUT2D eigenvalue weighted by atomic mass is 10.3. The number of sulfonamides is 1. The molecule has 0 saturated heterocycles. The summed E-state index contributed by atoms with van der Waals surface area (Å²) in [5.74, 6) is 0.0587. The van der Waals surface area contributed by atoms with E-state index in [4.69, 9.17) is 27.9 Å². The Morgan fingerprint density at radius 1 is 1.11 bits per heavy atom. The molecule has 0 atom stereocenters. The van der Waals surface area contributed by atoms with Gasteiger partial charge in [-0.2, -0.15) is 4.31 Å². The Morgan fingerprint density at radius 3 is 2.37 bits per heavy atom. The van der Waals surface area contributed by atoms with E-state index < -0.39 is 15.9 Å². The molecule has 0 aliphatic rings. The lowest BCUT2D eigenvalue weighted by Crippen LogP contribution is -2.37. The van der Waals surface area contributed by atoms with Crippen LogP contribution in [0.4, 0.5) is 5.69 Å². The lowest BCUT2D eigenvalue weighted by molar-refractivity contribution is -0.116. The van der Waals surface area contributed by atoms with Gasteiger partial charge in [0.05, 0.1) is 33.8 Å². The normalized spacial score (nSPS) is 11.4. The van der Waals surface area contributed by atoms with Crippen molar-refractivity contribution in [2.75, 3.05) is 25.0 Å². The minimum Gasteiger partial charge on any atom is -0.494 e. The molecule has 0 aliphatic carbocycles. The molecule has 2 aromatic rings. The molecule has 27 heavy (non-hydrogen) atoms. The molecular weight excluding hydrogens is 411 g/mol. The summed E-state index contributed by atoms with van der Waals surface area (Å²) < 4.78 is 32.0. The van der Waals surface area contributed by atoms with Crippen LogP contribution in [0.3, 0.4) is 0 Å². The summed E-state index contributed by atoms with van der Waals surface area (Å²) in [6.07, 6.45) is 0. The number of rotatable bonds is 8. The molecule has 0 saturated carbocycles. The second-order valence-corrected chi connectivity index (χ2v) is 8.21. The number of amides is 1. The van der Waals surface area contributed by atoms with Crippen LogP contribution in [0, 0.1) is 0 Å². The van der Waals surface area contributed by atoms with Gasteiger partial charge in [0.2, 0.25) is 15.9 Å². The highest BCUT2D eigenvalue weighted by Gasteiger charge is 2.25. The highest BCUT2D eigenvalue weighted by Crippen LogP contribution is 2.29. The van der Waals surface area contributed by atoms with Crippen molar-refractivity contribution in [3.63, 3.8) is 0 Å². The number of nitrogens with one attached hydrogen (secondary N) is 1. The van der Waals surface area contributed by atoms with Gasteiger partial charge in [-0.25, -0.2) is 8.42 Å². The Labute approximate surface area is 169 Å². The van der Waals surface area contributed by atoms with Crippen molar-refractivity contribution in [3.05, 3.63) is 52.5 Å². The lowest BCUT2D eigenvalue weighted by Gasteiger charge is -2.20. The van der Waals surface area contributed by atoms with Gasteiger partial charge < -0.3 is 10.1 Å². The molecule has 0 bridgehead atoms. The first-order valence-corrected chi connectivity index (χ1v) is 10.5. The molecule has 9 heteroatoms. The fraction of sp³-hybridized carbons (Fsp3) is 0.278. The van der Waals surface area contributed by atoms with Crippen molar-refractivity contribution >= 4 is 44.8 Å². The summed E-state index contributed by atoms with van der Waals surface area (Å²) in [7, 11) is -3.83. The number of hydrogen-bond donors (Lipinski definition) is 1. The number of carbonyl (C=O) groups excluding carboxylic acids is 1. The van der Waals surface area contributed by atoms with Crippen molar-refractivity contribution in [2.24, 2.45) is 0 Å². The van der Waals surface area contributed by atoms with Gasteiger partial charge in [-0.3, -0.25) is 4.79 Å². The number of hydrogen-bond acceptors (Lipinski definition) is 4. The standard InChI is InChI=1S/C18H20Cl2N2O4S/c1-3-22(12-17(23)21-16-7-5-6-15(19)18(16)20)27(24,25)14-10-8-13(9-11-14)26-4-2/h5-11H,3-4,12H2,1-2H3,(H,21,23). The smallest absolute Gasteiger partial charge is 0.243 e. The molecule has 0 unspecified atom stereocenters. The summed E-state index contributed by atoms with van der Waals surface area (Å²) in [5, 5.41) is 3.08. The first-order valence-electron chi connectivity index (χ1n) is 8.26. The van der Waals surface area contributed by atoms with Crippen molar-refractivity contribution in [2.45, 2.75) is 18.7 Å². The molecule has 0 heterocycles. The largest absolute Gasteiger partial charge is 0.494 e. The van der Waals surface area contributed by atoms with Crippen LogP contribution in [-0.2, 0) is 14.8 Å². The van der Waals surface area contributed by atoms with E-state index in [2.05, 4.69) is 5.32 Å². The van der Waals surface area contributed by atoms with Crippen molar-refractivity contribution in [1.29, 1.82) is 0 Å². The van der Waals surface area contributed by atoms with E-state index in [1.165, 1.54) is 12.1 Å². The van der Waals surface area contributed by atoms with Crippen LogP contribution in [0.5, 0.6) is 5.75 Å². The molecule has 0 fully saturated rings. The molecule has 0 radical (unpaired) electrons. The van der Waals surface area contributed by atoms with Gasteiger partial charge in [-0.1, -0.05) is 36.2 Å². The monoisotopic (exact) mass is 430 g/mol. The van der Waals surface area contributed by atoms with E-state index in [0.29, 0.717) is 23.1 Å². The summed E-state index contributed by atoms with van der Waals surface area (Å²) in [6.45, 7) is 3.76. The molecule has 1 N–H and O–H groups in total. The average Bonchev–Trinajstić information content (AvgIpc) is 2.64. The van der Waals surface area contributed by atoms with Gasteiger partial charge in [0.15, 0.2) is 0 Å². The van der Waals surface area contributed by atoms with Crippen LogP contribution in [-0.4, -0.2) is 38.3 Å². The Morgan fingerprint density at radius 2 is 1.78 bits per heavy atom. The van der Waals surface area contributed by atoms with Crippen LogP contribution < -0.4 is 10.1 Å². The van der Waals surface area contributed by atoms with Gasteiger partial charge in [-0.15, -0.1) is 0 Å². The third-order valence-electron chi connectivity index (χ3n) is 3.67. The van der Waals surface area contributed by atoms with Crippen LogP contribution in [0.2, 0.25) is 10.0 Å². The first-order chi connectivity index (χ1) is 12.8. The maximum atomic E-state index is 12.8. The average molecular weight is 431 g/mol. The highest BCUT2D eigenvalue weighted by atomic mass is 35.5. The number of likely N-dealkylation sites (N-methyl/N-ethyl adjacent to an activating group) is 1. The summed E-state index contributed by atoms with van der Waals surface area (Å²) in [5.41, 5.74) is 0.323. The molecular formula is C18H20Cl2N2O4S. The van der Waals surface area contributed by atoms with Gasteiger partial charge in [0.1, 0.15) is 5.75 Å². The van der Waals surface area contributed by atoms with Crippen molar-refractivity contribution in [3.8, 4) is 5.75 Å². The number of nitrogens with zero attached hydrogens (tertiary/aromatic N) is 1. The maximum Gasteiger partial charge on any atom is 0.243 e. The number of carbonyl (C=O) groups is 1. The number of halogens is 2. The molecule has 1 amide bonds. The third kappa shape index (κ3) is 5.35. The highest BCUT2D eigenvalue weighted by molar-refractivity contribution is 7.89. The van der Waals surface area contributed by atoms with Gasteiger partial charge in [-0.05, 0) is 43.3 Å². The minimum absolute atomic E-state index is 0.0846. The second-order valence-electron chi connectivity index (χ2n) is 5.49. The van der Waals surface area contributed by atoms with Crippen LogP contribution >= 0.6 is 23.2 Å². The topological polar surface area (TPSA) is 75.7 Å². The predicted octanol–water partition coefficient (Wildman–Crippen LogP) is 4.04. The Hall–Kier alpha value is -1.80. The quantitative estimate of drug-likeness (QED) is 0.685. The SMILES string of the molecule is CCOc1ccc(S(=O)(=O)N(CC)CC(=O)Nc2cccc(Cl)c2Cl)cc1. The molecule has 146 valence electrons. The van der Waals surface area contributed by atoms with E-state index in [1.807, 2.05) is 6.92 Å². The molecule has 0 aliphatic heterocycles. The van der Waals surface area contributed by atoms with E-state index in [-0.39, 0.29) is 23.0 Å². The van der Waals surface area contributed by atoms with E-state index in [9.17, 15) is 13.2 Å². The fourth-order valence-corrected chi connectivity index (χ4v) is 4.09. The van der Waals surface area contributed by atoms with Crippen LogP contribution in [0.1, 0.15) is 13.8 Å². The number of benzene rings is 2. The summed E-state index contributed by atoms with van der Waals surface area (Å²) >= 11 is 12.0. The van der Waals surface area contributed by atoms with E-state index >= 15 is 0 Å². The maximum absolute atomic E-state index is 12.8. The Bertz CT molecular complexity index is 902. The van der Waals surface area contributed by atoms with Crippen molar-refractivity contribution < 1.29 is 17.9 Å². The number of anilines is 1. The zero-order valence-electron chi connectivity index (χ0n) is 14.9. The molecule has 0 spiro atoms. The Balaban J connectivity index is 2.14. The molecule has 0 aromatic heterocycles. The van der Waals surface area contributed by atoms with Gasteiger partial charge in [0, 0.05) is 6.54 Å². The van der Waals surface area contributed by atoms with Gasteiger partial charge in [0.25, 0.3) is 0 Å². The minimum atomic E-state index is -3.83. The van der Waals surface area contributed by atoms with Crippen molar-refractivity contribution in [1.82, 2.24) is 4.31 Å². The van der Waals surface area contributed by atoms with E-state index in [0.717, 1.165) is 4.31 Å². The first kappa shape index (κ1) is 21.5. The second kappa shape index (κ2) is 9.41. The zero-order valence-corrected chi connectivity index (χ0v) is 17.2. The number of ether oxygens (including phenoxy) is 1. The summed E-state index contributed by atoms with van der Waals surface area (Å²) in [4.78, 5) is 12.4. The Kier molecular flexibility index (Phi) is 7.49. The fourth-order valence-electron chi connectivity index (χ4n) is 2.34. The summed E-state index contributed by atoms with van der Waals surface area (Å²) in [6, 6.07) is 10.9.